The number of aryl methyl sites for hydroxylation is 1. The van der Waals surface area contributed by atoms with Gasteiger partial charge in [0.25, 0.3) is 0 Å². The number of nitrogens with zero attached hydrogens (tertiary/aromatic N) is 2. The molecule has 0 saturated carbocycles. The van der Waals surface area contributed by atoms with Gasteiger partial charge in [0.05, 0.1) is 0 Å². The van der Waals surface area contributed by atoms with Crippen molar-refractivity contribution < 1.29 is 4.79 Å². The molecule has 4 nitrogen and oxygen atoms in total. The number of nitrogens with one attached hydrogen (secondary N) is 1. The summed E-state index contributed by atoms with van der Waals surface area (Å²) in [5.74, 6) is 1.13. The fourth-order valence-electron chi connectivity index (χ4n) is 2.51. The van der Waals surface area contributed by atoms with E-state index in [2.05, 4.69) is 14.9 Å². The zero-order valence-electron chi connectivity index (χ0n) is 11.1. The fourth-order valence-corrected chi connectivity index (χ4v) is 2.64. The third kappa shape index (κ3) is 2.85. The number of hydrogen-bond donors (Lipinski definition) is 1. The monoisotopic (exact) mass is 289 g/mol. The number of fused-ring (bicyclic) bond motifs is 1. The number of imidazole rings is 1. The summed E-state index contributed by atoms with van der Waals surface area (Å²) in [6, 6.07) is 7.52. The third-order valence-corrected chi connectivity index (χ3v) is 3.95. The molecule has 2 aromatic rings. The van der Waals surface area contributed by atoms with E-state index in [4.69, 9.17) is 11.6 Å². The van der Waals surface area contributed by atoms with Gasteiger partial charge in [0.1, 0.15) is 5.82 Å². The molecule has 20 heavy (non-hydrogen) atoms. The lowest BCUT2D eigenvalue weighted by Gasteiger charge is -2.22. The maximum atomic E-state index is 12.2. The first kappa shape index (κ1) is 13.2. The molecule has 1 amide bonds. The summed E-state index contributed by atoms with van der Waals surface area (Å²) in [5, 5.41) is 3.70. The summed E-state index contributed by atoms with van der Waals surface area (Å²) in [7, 11) is 0. The molecule has 1 aromatic heterocycles. The molecular weight excluding hydrogens is 274 g/mol. The van der Waals surface area contributed by atoms with Crippen molar-refractivity contribution in [1.29, 1.82) is 0 Å². The number of benzene rings is 1. The van der Waals surface area contributed by atoms with Gasteiger partial charge in [0.15, 0.2) is 0 Å². The first-order valence-electron chi connectivity index (χ1n) is 6.74. The topological polar surface area (TPSA) is 46.9 Å². The lowest BCUT2D eigenvalue weighted by atomic mass is 9.97. The van der Waals surface area contributed by atoms with Crippen molar-refractivity contribution in [3.05, 3.63) is 53.1 Å². The molecular formula is C15H16ClN3O. The molecule has 104 valence electrons. The van der Waals surface area contributed by atoms with Gasteiger partial charge in [-0.3, -0.25) is 4.79 Å². The highest BCUT2D eigenvalue weighted by Crippen LogP contribution is 2.19. The van der Waals surface area contributed by atoms with Crippen LogP contribution in [0, 0.1) is 5.92 Å². The van der Waals surface area contributed by atoms with E-state index < -0.39 is 0 Å². The van der Waals surface area contributed by atoms with Gasteiger partial charge >= 0.3 is 0 Å². The normalized spacial score (nSPS) is 17.6. The summed E-state index contributed by atoms with van der Waals surface area (Å²) < 4.78 is 2.11. The van der Waals surface area contributed by atoms with Crippen molar-refractivity contribution in [3.63, 3.8) is 0 Å². The van der Waals surface area contributed by atoms with E-state index in [9.17, 15) is 4.79 Å². The van der Waals surface area contributed by atoms with Crippen molar-refractivity contribution in [2.75, 3.05) is 0 Å². The first-order chi connectivity index (χ1) is 9.72. The zero-order chi connectivity index (χ0) is 13.9. The van der Waals surface area contributed by atoms with Crippen LogP contribution >= 0.6 is 11.6 Å². The van der Waals surface area contributed by atoms with Gasteiger partial charge in [0, 0.05) is 42.8 Å². The number of carbonyl (C=O) groups is 1. The average Bonchev–Trinajstić information content (AvgIpc) is 2.93. The Balaban J connectivity index is 1.56. The molecule has 0 saturated heterocycles. The minimum Gasteiger partial charge on any atom is -0.352 e. The van der Waals surface area contributed by atoms with Crippen LogP contribution < -0.4 is 5.32 Å². The number of carbonyl (C=O) groups excluding carboxylic acids is 1. The van der Waals surface area contributed by atoms with Crippen molar-refractivity contribution in [1.82, 2.24) is 14.9 Å². The predicted molar refractivity (Wildman–Crippen MR) is 77.3 cm³/mol. The molecule has 1 aliphatic heterocycles. The van der Waals surface area contributed by atoms with Crippen molar-refractivity contribution in [2.45, 2.75) is 25.9 Å². The summed E-state index contributed by atoms with van der Waals surface area (Å²) in [4.78, 5) is 16.5. The molecule has 1 aromatic carbocycles. The zero-order valence-corrected chi connectivity index (χ0v) is 11.8. The van der Waals surface area contributed by atoms with E-state index >= 15 is 0 Å². The molecule has 1 N–H and O–H groups in total. The largest absolute Gasteiger partial charge is 0.352 e. The molecule has 5 heteroatoms. The first-order valence-corrected chi connectivity index (χ1v) is 7.12. The predicted octanol–water partition coefficient (Wildman–Crippen LogP) is 2.42. The number of aromatic nitrogens is 2. The van der Waals surface area contributed by atoms with Gasteiger partial charge in [-0.1, -0.05) is 23.7 Å². The van der Waals surface area contributed by atoms with Gasteiger partial charge in [0.2, 0.25) is 5.91 Å². The minimum atomic E-state index is 0.0252. The van der Waals surface area contributed by atoms with Crippen molar-refractivity contribution >= 4 is 17.5 Å². The van der Waals surface area contributed by atoms with Gasteiger partial charge in [-0.2, -0.15) is 0 Å². The van der Waals surface area contributed by atoms with Crippen LogP contribution in [0.15, 0.2) is 36.7 Å². The average molecular weight is 290 g/mol. The van der Waals surface area contributed by atoms with Crippen LogP contribution in [-0.2, 0) is 24.3 Å². The van der Waals surface area contributed by atoms with Crippen molar-refractivity contribution in [3.8, 4) is 0 Å². The molecule has 3 rings (SSSR count). The van der Waals surface area contributed by atoms with Gasteiger partial charge < -0.3 is 9.88 Å². The number of amides is 1. The molecule has 1 atom stereocenters. The Bertz CT molecular complexity index is 606. The standard InChI is InChI=1S/C15H16ClN3O/c16-13-3-1-11(2-4-13)10-18-15(20)12-5-7-19-8-6-17-14(19)9-12/h1-4,6,8,12H,5,7,9-10H2,(H,18,20). The maximum absolute atomic E-state index is 12.2. The molecule has 2 heterocycles. The Morgan fingerprint density at radius 2 is 2.20 bits per heavy atom. The van der Waals surface area contributed by atoms with Crippen molar-refractivity contribution in [2.24, 2.45) is 5.92 Å². The van der Waals surface area contributed by atoms with E-state index in [0.29, 0.717) is 11.6 Å². The molecule has 0 aliphatic carbocycles. The van der Waals surface area contributed by atoms with Crippen LogP contribution in [0.4, 0.5) is 0 Å². The van der Waals surface area contributed by atoms with Crippen LogP contribution in [0.2, 0.25) is 5.02 Å². The van der Waals surface area contributed by atoms with Crippen LogP contribution in [0.25, 0.3) is 0 Å². The smallest absolute Gasteiger partial charge is 0.223 e. The fraction of sp³-hybridized carbons (Fsp3) is 0.333. The quantitative estimate of drug-likeness (QED) is 0.943. The van der Waals surface area contributed by atoms with E-state index in [1.54, 1.807) is 6.20 Å². The second-order valence-electron chi connectivity index (χ2n) is 5.07. The van der Waals surface area contributed by atoms with Crippen LogP contribution in [0.1, 0.15) is 17.8 Å². The summed E-state index contributed by atoms with van der Waals surface area (Å²) in [6.45, 7) is 1.41. The number of hydrogen-bond acceptors (Lipinski definition) is 2. The van der Waals surface area contributed by atoms with E-state index in [0.717, 1.165) is 30.8 Å². The van der Waals surface area contributed by atoms with Gasteiger partial charge in [-0.15, -0.1) is 0 Å². The molecule has 0 bridgehead atoms. The van der Waals surface area contributed by atoms with Gasteiger partial charge in [-0.05, 0) is 24.1 Å². The molecule has 0 fully saturated rings. The third-order valence-electron chi connectivity index (χ3n) is 3.70. The molecule has 0 radical (unpaired) electrons. The number of rotatable bonds is 3. The number of halogens is 1. The highest BCUT2D eigenvalue weighted by molar-refractivity contribution is 6.30. The summed E-state index contributed by atoms with van der Waals surface area (Å²) in [6.07, 6.45) is 5.36. The maximum Gasteiger partial charge on any atom is 0.223 e. The second-order valence-corrected chi connectivity index (χ2v) is 5.51. The lowest BCUT2D eigenvalue weighted by Crippen LogP contribution is -2.35. The van der Waals surface area contributed by atoms with E-state index in [-0.39, 0.29) is 11.8 Å². The Morgan fingerprint density at radius 3 is 3.00 bits per heavy atom. The highest BCUT2D eigenvalue weighted by Gasteiger charge is 2.24. The lowest BCUT2D eigenvalue weighted by molar-refractivity contribution is -0.125. The van der Waals surface area contributed by atoms with E-state index in [1.807, 2.05) is 30.5 Å². The van der Waals surface area contributed by atoms with Gasteiger partial charge in [-0.25, -0.2) is 4.98 Å². The van der Waals surface area contributed by atoms with Crippen LogP contribution in [0.5, 0.6) is 0 Å². The summed E-state index contributed by atoms with van der Waals surface area (Å²) >= 11 is 5.84. The summed E-state index contributed by atoms with van der Waals surface area (Å²) in [5.41, 5.74) is 1.06. The van der Waals surface area contributed by atoms with E-state index in [1.165, 1.54) is 0 Å². The molecule has 0 spiro atoms. The van der Waals surface area contributed by atoms with Crippen LogP contribution in [-0.4, -0.2) is 15.5 Å². The Kier molecular flexibility index (Phi) is 3.74. The SMILES string of the molecule is O=C(NCc1ccc(Cl)cc1)C1CCn2ccnc2C1. The Morgan fingerprint density at radius 1 is 1.40 bits per heavy atom. The second kappa shape index (κ2) is 5.67. The molecule has 1 unspecified atom stereocenters. The minimum absolute atomic E-state index is 0.0252. The molecule has 1 aliphatic rings. The Hall–Kier alpha value is -1.81. The van der Waals surface area contributed by atoms with Crippen LogP contribution in [0.3, 0.4) is 0 Å². The highest BCUT2D eigenvalue weighted by atomic mass is 35.5. The Labute approximate surface area is 122 Å².